The van der Waals surface area contributed by atoms with E-state index in [2.05, 4.69) is 4.52 Å². The minimum absolute atomic E-state index is 0. The summed E-state index contributed by atoms with van der Waals surface area (Å²) in [7, 11) is -4.86. The molecular weight excluding hydrogens is 221 g/mol. The van der Waals surface area contributed by atoms with Gasteiger partial charge in [-0.3, -0.25) is 9.79 Å². The summed E-state index contributed by atoms with van der Waals surface area (Å²) in [5.74, 6) is -1.91. The summed E-state index contributed by atoms with van der Waals surface area (Å²) in [4.78, 5) is 26.4. The van der Waals surface area contributed by atoms with Crippen LogP contribution in [0.4, 0.5) is 0 Å². The van der Waals surface area contributed by atoms with Gasteiger partial charge in [-0.1, -0.05) is 0 Å². The van der Waals surface area contributed by atoms with E-state index in [-0.39, 0.29) is 31.0 Å². The van der Waals surface area contributed by atoms with Gasteiger partial charge >= 0.3 is 43.3 Å². The average molecular weight is 228 g/mol. The van der Waals surface area contributed by atoms with Crippen molar-refractivity contribution in [2.45, 2.75) is 6.10 Å². The van der Waals surface area contributed by atoms with Crippen molar-refractivity contribution < 1.29 is 59.8 Å². The SMILES string of the molecule is O=C(OP(=O)(O)O)C(O)CCl.[H-].[Na+]. The van der Waals surface area contributed by atoms with Crippen molar-refractivity contribution in [3.8, 4) is 0 Å². The molecule has 9 heteroatoms. The summed E-state index contributed by atoms with van der Waals surface area (Å²) in [6.07, 6.45) is -1.70. The molecule has 0 radical (unpaired) electrons. The van der Waals surface area contributed by atoms with Crippen molar-refractivity contribution in [1.29, 1.82) is 0 Å². The zero-order valence-electron chi connectivity index (χ0n) is 7.18. The Morgan fingerprint density at radius 3 is 2.33 bits per heavy atom. The summed E-state index contributed by atoms with van der Waals surface area (Å²) in [5, 5.41) is 8.54. The number of aliphatic hydroxyl groups excluding tert-OH is 1. The molecule has 12 heavy (non-hydrogen) atoms. The van der Waals surface area contributed by atoms with Crippen LogP contribution >= 0.6 is 19.4 Å². The molecule has 0 spiro atoms. The molecule has 0 bridgehead atoms. The van der Waals surface area contributed by atoms with Crippen LogP contribution < -0.4 is 29.6 Å². The van der Waals surface area contributed by atoms with Gasteiger partial charge in [0.15, 0.2) is 6.10 Å². The van der Waals surface area contributed by atoms with E-state index >= 15 is 0 Å². The van der Waals surface area contributed by atoms with E-state index in [0.717, 1.165) is 0 Å². The molecule has 0 aromatic rings. The van der Waals surface area contributed by atoms with Crippen molar-refractivity contribution in [2.75, 3.05) is 5.88 Å². The van der Waals surface area contributed by atoms with Gasteiger partial charge in [-0.25, -0.2) is 9.36 Å². The van der Waals surface area contributed by atoms with Gasteiger partial charge in [0, 0.05) is 0 Å². The molecule has 0 aromatic heterocycles. The molecule has 0 saturated carbocycles. The first-order valence-corrected chi connectivity index (χ1v) is 4.46. The van der Waals surface area contributed by atoms with Crippen LogP contribution in [0.3, 0.4) is 0 Å². The maximum atomic E-state index is 10.3. The van der Waals surface area contributed by atoms with Crippen molar-refractivity contribution >= 4 is 25.4 Å². The first-order chi connectivity index (χ1) is 4.87. The monoisotopic (exact) mass is 228 g/mol. The Bertz CT molecular complexity index is 196. The van der Waals surface area contributed by atoms with Crippen molar-refractivity contribution in [2.24, 2.45) is 0 Å². The summed E-state index contributed by atoms with van der Waals surface area (Å²) in [6, 6.07) is 0. The van der Waals surface area contributed by atoms with E-state index in [9.17, 15) is 9.36 Å². The van der Waals surface area contributed by atoms with E-state index in [4.69, 9.17) is 26.5 Å². The van der Waals surface area contributed by atoms with Crippen LogP contribution in [0.5, 0.6) is 0 Å². The van der Waals surface area contributed by atoms with Gasteiger partial charge in [-0.2, -0.15) is 0 Å². The third-order valence-corrected chi connectivity index (χ3v) is 1.34. The molecule has 68 valence electrons. The number of aliphatic hydroxyl groups is 1. The fourth-order valence-corrected chi connectivity index (χ4v) is 0.723. The number of alkyl halides is 1. The van der Waals surface area contributed by atoms with Crippen LogP contribution in [0.2, 0.25) is 0 Å². The van der Waals surface area contributed by atoms with E-state index in [1.165, 1.54) is 0 Å². The van der Waals surface area contributed by atoms with E-state index in [0.29, 0.717) is 0 Å². The Morgan fingerprint density at radius 2 is 2.08 bits per heavy atom. The van der Waals surface area contributed by atoms with Crippen molar-refractivity contribution in [3.63, 3.8) is 0 Å². The molecule has 0 aliphatic rings. The second kappa shape index (κ2) is 6.34. The largest absolute Gasteiger partial charge is 1.00 e. The van der Waals surface area contributed by atoms with E-state index < -0.39 is 25.8 Å². The minimum atomic E-state index is -4.86. The van der Waals surface area contributed by atoms with Crippen LogP contribution in [0.1, 0.15) is 1.43 Å². The number of halogens is 1. The number of hydrogen-bond acceptors (Lipinski definition) is 4. The summed E-state index contributed by atoms with van der Waals surface area (Å²) >= 11 is 4.97. The van der Waals surface area contributed by atoms with Gasteiger partial charge in [-0.15, -0.1) is 11.6 Å². The number of carbonyl (C=O) groups excluding carboxylic acids is 1. The Kier molecular flexibility index (Phi) is 8.11. The van der Waals surface area contributed by atoms with Crippen LogP contribution in [0.15, 0.2) is 0 Å². The summed E-state index contributed by atoms with van der Waals surface area (Å²) in [5.41, 5.74) is 0. The van der Waals surface area contributed by atoms with Crippen LogP contribution in [-0.2, 0) is 13.9 Å². The van der Waals surface area contributed by atoms with Gasteiger partial charge in [0.2, 0.25) is 0 Å². The smallest absolute Gasteiger partial charge is 1.00 e. The predicted molar refractivity (Wildman–Crippen MR) is 36.0 cm³/mol. The molecule has 0 amide bonds. The molecule has 0 aromatic carbocycles. The number of carbonyl (C=O) groups is 1. The van der Waals surface area contributed by atoms with E-state index in [1.807, 2.05) is 0 Å². The van der Waals surface area contributed by atoms with Crippen LogP contribution in [0, 0.1) is 0 Å². The topological polar surface area (TPSA) is 104 Å². The Balaban J connectivity index is -0.000000500. The molecule has 6 nitrogen and oxygen atoms in total. The first kappa shape index (κ1) is 15.3. The number of hydrogen-bond donors (Lipinski definition) is 3. The van der Waals surface area contributed by atoms with Gasteiger partial charge in [0.1, 0.15) is 0 Å². The normalized spacial score (nSPS) is 13.0. The zero-order valence-corrected chi connectivity index (χ0v) is 9.83. The molecule has 0 heterocycles. The second-order valence-electron chi connectivity index (χ2n) is 1.57. The fraction of sp³-hybridized carbons (Fsp3) is 0.667. The number of phosphoric ester groups is 1. The molecule has 0 aliphatic carbocycles. The summed E-state index contributed by atoms with van der Waals surface area (Å²) < 4.78 is 13.4. The third kappa shape index (κ3) is 7.52. The number of phosphoric acid groups is 1. The maximum absolute atomic E-state index is 10.3. The zero-order chi connectivity index (χ0) is 9.07. The quantitative estimate of drug-likeness (QED) is 0.261. The van der Waals surface area contributed by atoms with Gasteiger partial charge in [-0.05, 0) is 0 Å². The van der Waals surface area contributed by atoms with Crippen molar-refractivity contribution in [3.05, 3.63) is 0 Å². The molecule has 0 fully saturated rings. The average Bonchev–Trinajstić information content (AvgIpc) is 1.82. The van der Waals surface area contributed by atoms with Crippen LogP contribution in [-0.4, -0.2) is 32.8 Å². The molecule has 0 aliphatic heterocycles. The molecular formula is C3H7ClNaO6P. The number of rotatable bonds is 3. The summed E-state index contributed by atoms with van der Waals surface area (Å²) in [6.45, 7) is 0. The van der Waals surface area contributed by atoms with Crippen LogP contribution in [0.25, 0.3) is 0 Å². The standard InChI is InChI=1S/C3H6ClO6P.Na.H/c4-1-2(5)3(6)10-11(7,8)9;;/h2,5H,1H2,(H2,7,8,9);;/q;+1;-1. The maximum Gasteiger partial charge on any atom is 1.00 e. The molecule has 0 saturated heterocycles. The van der Waals surface area contributed by atoms with Gasteiger partial charge < -0.3 is 11.1 Å². The predicted octanol–water partition coefficient (Wildman–Crippen LogP) is -3.66. The van der Waals surface area contributed by atoms with Gasteiger partial charge in [0.25, 0.3) is 0 Å². The Morgan fingerprint density at radius 1 is 1.67 bits per heavy atom. The van der Waals surface area contributed by atoms with E-state index in [1.54, 1.807) is 0 Å². The molecule has 1 unspecified atom stereocenters. The second-order valence-corrected chi connectivity index (χ2v) is 3.04. The third-order valence-electron chi connectivity index (χ3n) is 0.627. The molecule has 0 rings (SSSR count). The molecule has 1 atom stereocenters. The first-order valence-electron chi connectivity index (χ1n) is 2.40. The van der Waals surface area contributed by atoms with Gasteiger partial charge in [0.05, 0.1) is 5.88 Å². The minimum Gasteiger partial charge on any atom is -1.00 e. The van der Waals surface area contributed by atoms with Crippen molar-refractivity contribution in [1.82, 2.24) is 0 Å². The Labute approximate surface area is 96.9 Å². The fourth-order valence-electron chi connectivity index (χ4n) is 0.241. The Hall–Kier alpha value is 0.870. The molecule has 3 N–H and O–H groups in total.